The third kappa shape index (κ3) is 4.76. The van der Waals surface area contributed by atoms with E-state index in [-0.39, 0.29) is 10.9 Å². The van der Waals surface area contributed by atoms with Crippen LogP contribution in [0.1, 0.15) is 70.6 Å². The van der Waals surface area contributed by atoms with Crippen LogP contribution in [0, 0.1) is 35.5 Å². The quantitative estimate of drug-likeness (QED) is 0.331. The normalized spacial score (nSPS) is 48.1. The van der Waals surface area contributed by atoms with Crippen LogP contribution >= 0.6 is 23.2 Å². The van der Waals surface area contributed by atoms with Gasteiger partial charge in [0.2, 0.25) is 0 Å². The van der Waals surface area contributed by atoms with Crippen molar-refractivity contribution in [1.82, 2.24) is 10.6 Å². The van der Waals surface area contributed by atoms with E-state index in [1.54, 1.807) is 0 Å². The first-order chi connectivity index (χ1) is 13.7. The highest BCUT2D eigenvalue weighted by Gasteiger charge is 2.43. The molecule has 2 N–H and O–H groups in total. The molecular weight excluding hydrogens is 387 g/mol. The highest BCUT2D eigenvalue weighted by Crippen LogP contribution is 2.47. The lowest BCUT2D eigenvalue weighted by molar-refractivity contribution is 0.0562. The molecule has 4 fully saturated rings. The van der Waals surface area contributed by atoms with Crippen molar-refractivity contribution < 1.29 is 0 Å². The Morgan fingerprint density at radius 3 is 2.32 bits per heavy atom. The third-order valence-corrected chi connectivity index (χ3v) is 9.62. The average Bonchev–Trinajstić information content (AvgIpc) is 2.72. The zero-order valence-corrected chi connectivity index (χ0v) is 18.9. The SMILES string of the molecule is C=CC1CCC(C2NCCCC2C2CCC3CCCCNC(Cl)C3C2)CC1Cl. The standard InChI is InChI=1S/C24H40Cl2N2/c1-2-16-8-11-19(15-22(16)25)23-20(7-5-13-27-23)18-10-9-17-6-3-4-12-28-24(26)21(17)14-18/h2,16-24,27-28H,1,3-15H2. The zero-order chi connectivity index (χ0) is 19.5. The van der Waals surface area contributed by atoms with E-state index in [9.17, 15) is 0 Å². The smallest absolute Gasteiger partial charge is 0.0856 e. The van der Waals surface area contributed by atoms with Crippen molar-refractivity contribution in [3.63, 3.8) is 0 Å². The van der Waals surface area contributed by atoms with Crippen molar-refractivity contribution in [1.29, 1.82) is 0 Å². The van der Waals surface area contributed by atoms with Crippen molar-refractivity contribution in [2.24, 2.45) is 35.5 Å². The molecule has 0 spiro atoms. The van der Waals surface area contributed by atoms with Crippen LogP contribution in [0.5, 0.6) is 0 Å². The van der Waals surface area contributed by atoms with Gasteiger partial charge in [0, 0.05) is 11.4 Å². The molecule has 0 aromatic heterocycles. The summed E-state index contributed by atoms with van der Waals surface area (Å²) >= 11 is 13.6. The molecule has 2 aliphatic heterocycles. The number of halogens is 2. The highest BCUT2D eigenvalue weighted by molar-refractivity contribution is 6.21. The number of fused-ring (bicyclic) bond motifs is 1. The minimum absolute atomic E-state index is 0.179. The Hall–Kier alpha value is 0.240. The Balaban J connectivity index is 1.43. The molecule has 2 saturated carbocycles. The molecule has 0 aromatic rings. The Morgan fingerprint density at radius 2 is 1.50 bits per heavy atom. The maximum absolute atomic E-state index is 6.85. The molecule has 9 atom stereocenters. The highest BCUT2D eigenvalue weighted by atomic mass is 35.5. The molecule has 28 heavy (non-hydrogen) atoms. The molecule has 2 nitrogen and oxygen atoms in total. The van der Waals surface area contributed by atoms with Gasteiger partial charge in [0.05, 0.1) is 5.50 Å². The average molecular weight is 428 g/mol. The fourth-order valence-corrected chi connectivity index (χ4v) is 7.95. The van der Waals surface area contributed by atoms with Crippen LogP contribution in [0.3, 0.4) is 0 Å². The number of hydrogen-bond acceptors (Lipinski definition) is 2. The van der Waals surface area contributed by atoms with Crippen LogP contribution in [-0.2, 0) is 0 Å². The van der Waals surface area contributed by atoms with Gasteiger partial charge in [-0.15, -0.1) is 29.8 Å². The lowest BCUT2D eigenvalue weighted by atomic mass is 9.62. The fraction of sp³-hybridized carbons (Fsp3) is 0.917. The van der Waals surface area contributed by atoms with Crippen LogP contribution in [0.25, 0.3) is 0 Å². The number of piperidine rings is 1. The molecule has 4 aliphatic rings. The van der Waals surface area contributed by atoms with Gasteiger partial charge in [-0.1, -0.05) is 18.9 Å². The number of nitrogens with one attached hydrogen (secondary N) is 2. The second kappa shape index (κ2) is 10.0. The maximum Gasteiger partial charge on any atom is 0.0856 e. The van der Waals surface area contributed by atoms with E-state index < -0.39 is 0 Å². The van der Waals surface area contributed by atoms with Crippen molar-refractivity contribution >= 4 is 23.2 Å². The van der Waals surface area contributed by atoms with E-state index in [0.717, 1.165) is 36.6 Å². The molecule has 160 valence electrons. The Kier molecular flexibility index (Phi) is 7.69. The van der Waals surface area contributed by atoms with Crippen molar-refractivity contribution in [3.8, 4) is 0 Å². The van der Waals surface area contributed by atoms with Gasteiger partial charge in [-0.2, -0.15) is 0 Å². The zero-order valence-electron chi connectivity index (χ0n) is 17.4. The minimum atomic E-state index is 0.179. The van der Waals surface area contributed by atoms with Gasteiger partial charge < -0.3 is 10.6 Å². The van der Waals surface area contributed by atoms with E-state index in [1.807, 2.05) is 0 Å². The summed E-state index contributed by atoms with van der Waals surface area (Å²) in [6, 6.07) is 0.664. The number of allylic oxidation sites excluding steroid dienone is 1. The predicted octanol–water partition coefficient (Wildman–Crippen LogP) is 5.94. The minimum Gasteiger partial charge on any atom is -0.313 e. The summed E-state index contributed by atoms with van der Waals surface area (Å²) in [6.45, 7) is 6.29. The fourth-order valence-electron chi connectivity index (χ4n) is 7.07. The molecule has 0 aromatic carbocycles. The largest absolute Gasteiger partial charge is 0.313 e. The van der Waals surface area contributed by atoms with Crippen LogP contribution in [0.15, 0.2) is 12.7 Å². The summed E-state index contributed by atoms with van der Waals surface area (Å²) < 4.78 is 0. The first-order valence-electron chi connectivity index (χ1n) is 12.0. The molecule has 0 bridgehead atoms. The Bertz CT molecular complexity index is 513. The monoisotopic (exact) mass is 426 g/mol. The second-order valence-electron chi connectivity index (χ2n) is 10.1. The van der Waals surface area contributed by atoms with Gasteiger partial charge in [0.15, 0.2) is 0 Å². The summed E-state index contributed by atoms with van der Waals surface area (Å²) in [4.78, 5) is 0. The Morgan fingerprint density at radius 1 is 0.714 bits per heavy atom. The topological polar surface area (TPSA) is 24.1 Å². The van der Waals surface area contributed by atoms with Crippen molar-refractivity contribution in [2.45, 2.75) is 87.5 Å². The summed E-state index contributed by atoms with van der Waals surface area (Å²) in [6.07, 6.45) is 16.7. The third-order valence-electron chi connectivity index (χ3n) is 8.64. The molecule has 0 amide bonds. The summed E-state index contributed by atoms with van der Waals surface area (Å²) in [5.74, 6) is 4.42. The molecule has 2 saturated heterocycles. The summed E-state index contributed by atoms with van der Waals surface area (Å²) in [5.41, 5.74) is 0.179. The number of alkyl halides is 2. The van der Waals surface area contributed by atoms with Crippen molar-refractivity contribution in [3.05, 3.63) is 12.7 Å². The van der Waals surface area contributed by atoms with Gasteiger partial charge in [0.1, 0.15) is 0 Å². The van der Waals surface area contributed by atoms with Gasteiger partial charge in [-0.3, -0.25) is 0 Å². The lowest BCUT2D eigenvalue weighted by Gasteiger charge is -2.48. The predicted molar refractivity (Wildman–Crippen MR) is 121 cm³/mol. The molecule has 2 aliphatic carbocycles. The molecule has 4 rings (SSSR count). The van der Waals surface area contributed by atoms with Gasteiger partial charge in [-0.25, -0.2) is 0 Å². The van der Waals surface area contributed by atoms with E-state index in [2.05, 4.69) is 23.3 Å². The Labute approximate surface area is 182 Å². The van der Waals surface area contributed by atoms with Gasteiger partial charge >= 0.3 is 0 Å². The molecule has 4 heteroatoms. The van der Waals surface area contributed by atoms with Crippen LogP contribution in [0.2, 0.25) is 0 Å². The van der Waals surface area contributed by atoms with Crippen molar-refractivity contribution in [2.75, 3.05) is 13.1 Å². The molecule has 2 heterocycles. The maximum atomic E-state index is 6.85. The van der Waals surface area contributed by atoms with Gasteiger partial charge in [0.25, 0.3) is 0 Å². The summed E-state index contributed by atoms with van der Waals surface area (Å²) in [5, 5.41) is 7.86. The van der Waals surface area contributed by atoms with E-state index in [4.69, 9.17) is 23.2 Å². The second-order valence-corrected chi connectivity index (χ2v) is 11.2. The van der Waals surface area contributed by atoms with Crippen LogP contribution < -0.4 is 10.6 Å². The number of hydrogen-bond donors (Lipinski definition) is 2. The van der Waals surface area contributed by atoms with Crippen LogP contribution in [0.4, 0.5) is 0 Å². The summed E-state index contributed by atoms with van der Waals surface area (Å²) in [7, 11) is 0. The number of rotatable bonds is 3. The first kappa shape index (κ1) is 21.5. The molecule has 0 radical (unpaired) electrons. The molecule has 9 unspecified atom stereocenters. The van der Waals surface area contributed by atoms with Crippen LogP contribution in [-0.4, -0.2) is 30.0 Å². The first-order valence-corrected chi connectivity index (χ1v) is 12.9. The van der Waals surface area contributed by atoms with E-state index in [1.165, 1.54) is 70.8 Å². The van der Waals surface area contributed by atoms with Gasteiger partial charge in [-0.05, 0) is 106 Å². The lowest BCUT2D eigenvalue weighted by Crippen LogP contribution is -2.52. The van der Waals surface area contributed by atoms with E-state index >= 15 is 0 Å². The molecular formula is C24H40Cl2N2. The van der Waals surface area contributed by atoms with E-state index in [0.29, 0.717) is 17.9 Å².